The van der Waals surface area contributed by atoms with E-state index in [9.17, 15) is 9.59 Å². The number of para-hydroxylation sites is 1. The molecule has 0 aliphatic heterocycles. The molecule has 0 bridgehead atoms. The molecular formula is C18H18N2O4. The molecule has 0 saturated heterocycles. The molecule has 0 radical (unpaired) electrons. The zero-order valence-corrected chi connectivity index (χ0v) is 14.0. The summed E-state index contributed by atoms with van der Waals surface area (Å²) >= 11 is 0. The molecule has 1 atom stereocenters. The predicted octanol–water partition coefficient (Wildman–Crippen LogP) is 2.94. The standard InChI is InChI=1S/C18H18N2O4/c1-10-15(18(22)23-4)11(2)20-16(10)17(21)12(3)24-14-8-6-5-7-13(14)9-19/h5-8,12,20H,1-4H3/t12-/m0/s1. The molecule has 0 amide bonds. The van der Waals surface area contributed by atoms with Crippen molar-refractivity contribution in [1.82, 2.24) is 4.98 Å². The van der Waals surface area contributed by atoms with E-state index in [4.69, 9.17) is 14.7 Å². The van der Waals surface area contributed by atoms with E-state index in [1.165, 1.54) is 7.11 Å². The highest BCUT2D eigenvalue weighted by Crippen LogP contribution is 2.23. The molecule has 0 spiro atoms. The molecule has 0 aliphatic carbocycles. The van der Waals surface area contributed by atoms with Gasteiger partial charge in [0.2, 0.25) is 5.78 Å². The molecule has 0 unspecified atom stereocenters. The van der Waals surface area contributed by atoms with Gasteiger partial charge >= 0.3 is 5.97 Å². The number of H-pyrrole nitrogens is 1. The van der Waals surface area contributed by atoms with Crippen LogP contribution >= 0.6 is 0 Å². The molecule has 2 aromatic rings. The number of hydrogen-bond acceptors (Lipinski definition) is 5. The van der Waals surface area contributed by atoms with Crippen LogP contribution in [-0.4, -0.2) is 30.0 Å². The summed E-state index contributed by atoms with van der Waals surface area (Å²) in [7, 11) is 1.29. The number of nitrogens with one attached hydrogen (secondary N) is 1. The van der Waals surface area contributed by atoms with Gasteiger partial charge in [-0.15, -0.1) is 0 Å². The third-order valence-electron chi connectivity index (χ3n) is 3.75. The number of hydrogen-bond donors (Lipinski definition) is 1. The Balaban J connectivity index is 2.29. The summed E-state index contributed by atoms with van der Waals surface area (Å²) < 4.78 is 10.4. The van der Waals surface area contributed by atoms with Gasteiger partial charge in [0.1, 0.15) is 11.8 Å². The fourth-order valence-corrected chi connectivity index (χ4v) is 2.51. The van der Waals surface area contributed by atoms with Crippen LogP contribution in [-0.2, 0) is 4.74 Å². The van der Waals surface area contributed by atoms with Crippen LogP contribution in [0.3, 0.4) is 0 Å². The maximum Gasteiger partial charge on any atom is 0.339 e. The average molecular weight is 326 g/mol. The lowest BCUT2D eigenvalue weighted by Gasteiger charge is -2.14. The second-order valence-corrected chi connectivity index (χ2v) is 5.35. The van der Waals surface area contributed by atoms with Gasteiger partial charge in [-0.1, -0.05) is 12.1 Å². The number of Topliss-reactive ketones (excluding diaryl/α,β-unsaturated/α-hetero) is 1. The SMILES string of the molecule is COC(=O)c1c(C)[nH]c(C(=O)[C@H](C)Oc2ccccc2C#N)c1C. The average Bonchev–Trinajstić information content (AvgIpc) is 2.88. The van der Waals surface area contributed by atoms with Crippen LogP contribution in [0.15, 0.2) is 24.3 Å². The Morgan fingerprint density at radius 2 is 1.92 bits per heavy atom. The van der Waals surface area contributed by atoms with E-state index in [1.54, 1.807) is 45.0 Å². The minimum Gasteiger partial charge on any atom is -0.481 e. The summed E-state index contributed by atoms with van der Waals surface area (Å²) in [5.74, 6) is -0.461. The Morgan fingerprint density at radius 3 is 2.54 bits per heavy atom. The third-order valence-corrected chi connectivity index (χ3v) is 3.75. The first-order valence-electron chi connectivity index (χ1n) is 7.38. The van der Waals surface area contributed by atoms with Crippen molar-refractivity contribution in [2.45, 2.75) is 26.9 Å². The molecule has 1 N–H and O–H groups in total. The summed E-state index contributed by atoms with van der Waals surface area (Å²) in [6.07, 6.45) is -0.818. The summed E-state index contributed by atoms with van der Waals surface area (Å²) in [6.45, 7) is 4.98. The first kappa shape index (κ1) is 17.3. The van der Waals surface area contributed by atoms with E-state index in [1.807, 2.05) is 6.07 Å². The van der Waals surface area contributed by atoms with Crippen LogP contribution in [0.4, 0.5) is 0 Å². The number of nitriles is 1. The zero-order valence-electron chi connectivity index (χ0n) is 14.0. The number of aromatic amines is 1. The number of nitrogens with zero attached hydrogens (tertiary/aromatic N) is 1. The Hall–Kier alpha value is -3.07. The number of benzene rings is 1. The molecule has 0 saturated carbocycles. The van der Waals surface area contributed by atoms with Gasteiger partial charge in [0, 0.05) is 5.69 Å². The minimum absolute atomic E-state index is 0.301. The van der Waals surface area contributed by atoms with Gasteiger partial charge in [0.05, 0.1) is 23.9 Å². The number of carbonyl (C=O) groups excluding carboxylic acids is 2. The van der Waals surface area contributed by atoms with Crippen LogP contribution in [0.5, 0.6) is 5.75 Å². The Labute approximate surface area is 140 Å². The molecule has 24 heavy (non-hydrogen) atoms. The summed E-state index contributed by atoms with van der Waals surface area (Å²) in [4.78, 5) is 27.4. The topological polar surface area (TPSA) is 92.2 Å². The lowest BCUT2D eigenvalue weighted by atomic mass is 10.1. The molecule has 0 fully saturated rings. The van der Waals surface area contributed by atoms with Crippen molar-refractivity contribution in [3.63, 3.8) is 0 Å². The predicted molar refractivity (Wildman–Crippen MR) is 87.2 cm³/mol. The zero-order chi connectivity index (χ0) is 17.9. The number of rotatable bonds is 5. The first-order valence-corrected chi connectivity index (χ1v) is 7.38. The molecular weight excluding hydrogens is 308 g/mol. The molecule has 1 aromatic carbocycles. The van der Waals surface area contributed by atoms with Crippen molar-refractivity contribution in [3.8, 4) is 11.8 Å². The van der Waals surface area contributed by atoms with E-state index in [-0.39, 0.29) is 5.78 Å². The largest absolute Gasteiger partial charge is 0.481 e. The van der Waals surface area contributed by atoms with Crippen LogP contribution in [0.1, 0.15) is 44.6 Å². The van der Waals surface area contributed by atoms with Crippen LogP contribution in [0.25, 0.3) is 0 Å². The molecule has 124 valence electrons. The normalized spacial score (nSPS) is 11.5. The molecule has 6 heteroatoms. The number of aryl methyl sites for hydroxylation is 1. The molecule has 6 nitrogen and oxygen atoms in total. The minimum atomic E-state index is -0.818. The smallest absolute Gasteiger partial charge is 0.339 e. The number of ether oxygens (including phenoxy) is 2. The fourth-order valence-electron chi connectivity index (χ4n) is 2.51. The summed E-state index contributed by atoms with van der Waals surface area (Å²) in [6, 6.07) is 8.72. The van der Waals surface area contributed by atoms with E-state index in [2.05, 4.69) is 4.98 Å². The number of esters is 1. The molecule has 1 heterocycles. The van der Waals surface area contributed by atoms with E-state index in [0.29, 0.717) is 33.8 Å². The highest BCUT2D eigenvalue weighted by atomic mass is 16.5. The van der Waals surface area contributed by atoms with Gasteiger partial charge in [0.15, 0.2) is 6.10 Å². The maximum atomic E-state index is 12.7. The van der Waals surface area contributed by atoms with E-state index < -0.39 is 12.1 Å². The van der Waals surface area contributed by atoms with Crippen molar-refractivity contribution in [3.05, 3.63) is 52.3 Å². The van der Waals surface area contributed by atoms with Crippen LogP contribution < -0.4 is 4.74 Å². The first-order chi connectivity index (χ1) is 11.4. The fraction of sp³-hybridized carbons (Fsp3) is 0.278. The van der Waals surface area contributed by atoms with Crippen molar-refractivity contribution >= 4 is 11.8 Å². The monoisotopic (exact) mass is 326 g/mol. The third kappa shape index (κ3) is 3.15. The van der Waals surface area contributed by atoms with Crippen molar-refractivity contribution in [2.75, 3.05) is 7.11 Å². The van der Waals surface area contributed by atoms with E-state index >= 15 is 0 Å². The van der Waals surface area contributed by atoms with E-state index in [0.717, 1.165) is 0 Å². The summed E-state index contributed by atoms with van der Waals surface area (Å²) in [5.41, 5.74) is 2.09. The second-order valence-electron chi connectivity index (χ2n) is 5.35. The van der Waals surface area contributed by atoms with Gasteiger partial charge in [-0.2, -0.15) is 5.26 Å². The number of ketones is 1. The number of methoxy groups -OCH3 is 1. The maximum absolute atomic E-state index is 12.7. The second kappa shape index (κ2) is 7.01. The Morgan fingerprint density at radius 1 is 1.25 bits per heavy atom. The number of aromatic nitrogens is 1. The van der Waals surface area contributed by atoms with Crippen LogP contribution in [0, 0.1) is 25.2 Å². The van der Waals surface area contributed by atoms with Gasteiger partial charge < -0.3 is 14.5 Å². The summed E-state index contributed by atoms with van der Waals surface area (Å²) in [5, 5.41) is 9.09. The van der Waals surface area contributed by atoms with Gasteiger partial charge in [-0.3, -0.25) is 4.79 Å². The van der Waals surface area contributed by atoms with Crippen molar-refractivity contribution in [2.24, 2.45) is 0 Å². The highest BCUT2D eigenvalue weighted by Gasteiger charge is 2.26. The van der Waals surface area contributed by atoms with Crippen molar-refractivity contribution < 1.29 is 19.1 Å². The molecule has 0 aliphatic rings. The number of carbonyl (C=O) groups is 2. The highest BCUT2D eigenvalue weighted by molar-refractivity contribution is 6.03. The quantitative estimate of drug-likeness (QED) is 0.673. The van der Waals surface area contributed by atoms with Gasteiger partial charge in [0.25, 0.3) is 0 Å². The Bertz CT molecular complexity index is 830. The lowest BCUT2D eigenvalue weighted by Crippen LogP contribution is -2.25. The lowest BCUT2D eigenvalue weighted by molar-refractivity contribution is 0.0599. The Kier molecular flexibility index (Phi) is 5.05. The molecule has 1 aromatic heterocycles. The van der Waals surface area contributed by atoms with Gasteiger partial charge in [-0.25, -0.2) is 4.79 Å². The van der Waals surface area contributed by atoms with Gasteiger partial charge in [-0.05, 0) is 38.5 Å². The van der Waals surface area contributed by atoms with Crippen molar-refractivity contribution in [1.29, 1.82) is 5.26 Å². The molecule has 2 rings (SSSR count). The van der Waals surface area contributed by atoms with Crippen LogP contribution in [0.2, 0.25) is 0 Å².